The largest absolute Gasteiger partial charge is 0.350 e. The minimum absolute atomic E-state index is 0.0844. The van der Waals surface area contributed by atoms with Crippen molar-refractivity contribution < 1.29 is 4.92 Å². The summed E-state index contributed by atoms with van der Waals surface area (Å²) >= 11 is 0. The van der Waals surface area contributed by atoms with E-state index in [1.54, 1.807) is 18.2 Å². The Hall–Kier alpha value is -2.14. The molecule has 1 atom stereocenters. The molecule has 3 rings (SSSR count). The summed E-state index contributed by atoms with van der Waals surface area (Å²) in [6.45, 7) is 7.51. The van der Waals surface area contributed by atoms with Crippen molar-refractivity contribution in [3.63, 3.8) is 0 Å². The van der Waals surface area contributed by atoms with Gasteiger partial charge in [-0.25, -0.2) is 0 Å². The molecule has 5 nitrogen and oxygen atoms in total. The molecule has 1 unspecified atom stereocenters. The Bertz CT molecular complexity index is 708. The van der Waals surface area contributed by atoms with E-state index in [0.29, 0.717) is 5.92 Å². The lowest BCUT2D eigenvalue weighted by atomic mass is 10.00. The van der Waals surface area contributed by atoms with Gasteiger partial charge in [0.05, 0.1) is 11.0 Å². The quantitative estimate of drug-likeness (QED) is 0.610. The van der Waals surface area contributed by atoms with E-state index in [0.717, 1.165) is 38.0 Å². The van der Waals surface area contributed by atoms with Crippen LogP contribution in [0.25, 0.3) is 0 Å². The number of nitro groups is 1. The number of benzene rings is 1. The molecule has 5 heteroatoms. The van der Waals surface area contributed by atoms with Crippen LogP contribution in [0.5, 0.6) is 0 Å². The zero-order valence-electron chi connectivity index (χ0n) is 14.4. The summed E-state index contributed by atoms with van der Waals surface area (Å²) in [4.78, 5) is 13.4. The minimum atomic E-state index is -0.308. The van der Waals surface area contributed by atoms with E-state index >= 15 is 0 Å². The molecule has 0 saturated heterocycles. The van der Waals surface area contributed by atoms with Gasteiger partial charge in [-0.3, -0.25) is 15.0 Å². The molecular weight excluding hydrogens is 302 g/mol. The van der Waals surface area contributed by atoms with E-state index in [9.17, 15) is 10.1 Å². The van der Waals surface area contributed by atoms with E-state index in [1.165, 1.54) is 5.69 Å². The highest BCUT2D eigenvalue weighted by Crippen LogP contribution is 2.33. The standard InChI is InChI=1S/C19H25N3O2/c1-15(2)9-13-21-12-5-11-20-10-4-8-18(20)19(21)16-6-3-7-17(14-16)22(23)24/h3-4,6-8,10,14-15,19H,5,9,11-13H2,1-2H3. The van der Waals surface area contributed by atoms with Crippen molar-refractivity contribution in [3.05, 3.63) is 64.0 Å². The lowest BCUT2D eigenvalue weighted by Gasteiger charge is -2.31. The fourth-order valence-corrected chi connectivity index (χ4v) is 3.49. The van der Waals surface area contributed by atoms with Gasteiger partial charge in [-0.1, -0.05) is 26.0 Å². The Morgan fingerprint density at radius 2 is 2.08 bits per heavy atom. The van der Waals surface area contributed by atoms with Crippen LogP contribution in [0.4, 0.5) is 5.69 Å². The first-order valence-corrected chi connectivity index (χ1v) is 8.69. The van der Waals surface area contributed by atoms with Crippen molar-refractivity contribution in [1.29, 1.82) is 0 Å². The first-order chi connectivity index (χ1) is 11.6. The van der Waals surface area contributed by atoms with Gasteiger partial charge in [-0.15, -0.1) is 0 Å². The highest BCUT2D eigenvalue weighted by molar-refractivity contribution is 5.39. The van der Waals surface area contributed by atoms with Crippen LogP contribution in [0.2, 0.25) is 0 Å². The smallest absolute Gasteiger partial charge is 0.269 e. The van der Waals surface area contributed by atoms with Crippen molar-refractivity contribution in [2.24, 2.45) is 5.92 Å². The van der Waals surface area contributed by atoms with Gasteiger partial charge in [0, 0.05) is 37.1 Å². The average molecular weight is 327 g/mol. The Balaban J connectivity index is 2.00. The van der Waals surface area contributed by atoms with Crippen LogP contribution in [-0.4, -0.2) is 27.5 Å². The molecule has 0 bridgehead atoms. The van der Waals surface area contributed by atoms with Crippen molar-refractivity contribution >= 4 is 5.69 Å². The number of nitrogens with zero attached hydrogens (tertiary/aromatic N) is 3. The highest BCUT2D eigenvalue weighted by Gasteiger charge is 2.28. The molecule has 0 amide bonds. The fraction of sp³-hybridized carbons (Fsp3) is 0.474. The van der Waals surface area contributed by atoms with Crippen LogP contribution in [0.3, 0.4) is 0 Å². The highest BCUT2D eigenvalue weighted by atomic mass is 16.6. The number of rotatable bonds is 5. The fourth-order valence-electron chi connectivity index (χ4n) is 3.49. The van der Waals surface area contributed by atoms with Gasteiger partial charge < -0.3 is 4.57 Å². The number of aromatic nitrogens is 1. The summed E-state index contributed by atoms with van der Waals surface area (Å²) < 4.78 is 2.29. The molecule has 128 valence electrons. The molecular formula is C19H25N3O2. The molecule has 0 aliphatic carbocycles. The average Bonchev–Trinajstić information content (AvgIpc) is 2.93. The van der Waals surface area contributed by atoms with Crippen molar-refractivity contribution in [1.82, 2.24) is 9.47 Å². The maximum absolute atomic E-state index is 11.2. The monoisotopic (exact) mass is 327 g/mol. The molecule has 0 spiro atoms. The number of non-ortho nitro benzene ring substituents is 1. The van der Waals surface area contributed by atoms with Gasteiger partial charge in [0.1, 0.15) is 0 Å². The van der Waals surface area contributed by atoms with E-state index < -0.39 is 0 Å². The number of nitro benzene ring substituents is 1. The Morgan fingerprint density at radius 3 is 2.83 bits per heavy atom. The number of hydrogen-bond donors (Lipinski definition) is 0. The number of aryl methyl sites for hydroxylation is 1. The molecule has 24 heavy (non-hydrogen) atoms. The third-order valence-corrected chi connectivity index (χ3v) is 4.74. The maximum atomic E-state index is 11.2. The Kier molecular flexibility index (Phi) is 5.00. The first-order valence-electron chi connectivity index (χ1n) is 8.69. The van der Waals surface area contributed by atoms with E-state index in [1.807, 2.05) is 6.07 Å². The molecule has 0 radical (unpaired) electrons. The molecule has 0 N–H and O–H groups in total. The van der Waals surface area contributed by atoms with Crippen LogP contribution >= 0.6 is 0 Å². The van der Waals surface area contributed by atoms with Crippen molar-refractivity contribution in [2.75, 3.05) is 13.1 Å². The van der Waals surface area contributed by atoms with Gasteiger partial charge in [0.15, 0.2) is 0 Å². The van der Waals surface area contributed by atoms with Gasteiger partial charge in [-0.2, -0.15) is 0 Å². The summed E-state index contributed by atoms with van der Waals surface area (Å²) in [5, 5.41) is 11.2. The molecule has 2 heterocycles. The summed E-state index contributed by atoms with van der Waals surface area (Å²) in [7, 11) is 0. The second-order valence-electron chi connectivity index (χ2n) is 6.95. The number of hydrogen-bond acceptors (Lipinski definition) is 3. The Labute approximate surface area is 143 Å². The van der Waals surface area contributed by atoms with Crippen LogP contribution in [0, 0.1) is 16.0 Å². The zero-order chi connectivity index (χ0) is 17.1. The zero-order valence-corrected chi connectivity index (χ0v) is 14.4. The molecule has 2 aromatic rings. The topological polar surface area (TPSA) is 51.3 Å². The summed E-state index contributed by atoms with van der Waals surface area (Å²) in [6, 6.07) is 11.4. The molecule has 1 aliphatic heterocycles. The molecule has 0 fully saturated rings. The predicted octanol–water partition coefficient (Wildman–Crippen LogP) is 4.24. The van der Waals surface area contributed by atoms with Gasteiger partial charge in [0.25, 0.3) is 5.69 Å². The summed E-state index contributed by atoms with van der Waals surface area (Å²) in [5.74, 6) is 0.644. The normalized spacial score (nSPS) is 18.4. The lowest BCUT2D eigenvalue weighted by Crippen LogP contribution is -2.31. The third kappa shape index (κ3) is 3.51. The van der Waals surface area contributed by atoms with Crippen LogP contribution in [-0.2, 0) is 6.54 Å². The van der Waals surface area contributed by atoms with E-state index in [-0.39, 0.29) is 16.7 Å². The van der Waals surface area contributed by atoms with Gasteiger partial charge in [0.2, 0.25) is 0 Å². The molecule has 0 saturated carbocycles. The first kappa shape index (κ1) is 16.7. The Morgan fingerprint density at radius 1 is 1.25 bits per heavy atom. The van der Waals surface area contributed by atoms with Crippen LogP contribution in [0.15, 0.2) is 42.6 Å². The summed E-state index contributed by atoms with van der Waals surface area (Å²) in [5.41, 5.74) is 2.41. The third-order valence-electron chi connectivity index (χ3n) is 4.74. The van der Waals surface area contributed by atoms with Crippen molar-refractivity contribution in [3.8, 4) is 0 Å². The minimum Gasteiger partial charge on any atom is -0.350 e. The van der Waals surface area contributed by atoms with E-state index in [2.05, 4.69) is 41.6 Å². The molecule has 1 aromatic heterocycles. The predicted molar refractivity (Wildman–Crippen MR) is 95.0 cm³/mol. The lowest BCUT2D eigenvalue weighted by molar-refractivity contribution is -0.384. The van der Waals surface area contributed by atoms with E-state index in [4.69, 9.17) is 0 Å². The molecule has 1 aromatic carbocycles. The summed E-state index contributed by atoms with van der Waals surface area (Å²) in [6.07, 6.45) is 4.35. The number of fused-ring (bicyclic) bond motifs is 1. The second kappa shape index (κ2) is 7.18. The van der Waals surface area contributed by atoms with Crippen LogP contribution in [0.1, 0.15) is 44.0 Å². The van der Waals surface area contributed by atoms with Crippen molar-refractivity contribution in [2.45, 2.75) is 39.3 Å². The molecule has 1 aliphatic rings. The maximum Gasteiger partial charge on any atom is 0.269 e. The SMILES string of the molecule is CC(C)CCN1CCCn2cccc2C1c1cccc([N+](=O)[O-])c1. The van der Waals surface area contributed by atoms with Gasteiger partial charge in [-0.05, 0) is 43.0 Å². The van der Waals surface area contributed by atoms with Crippen LogP contribution < -0.4 is 0 Å². The van der Waals surface area contributed by atoms with Gasteiger partial charge >= 0.3 is 0 Å². The second-order valence-corrected chi connectivity index (χ2v) is 6.95.